The SMILES string of the molecule is C[C@H]1O[C@]2(CCNC[C@@H]2F)c2c1n(CC(=O)Nc1ccc(C(F)(F)F)cc1Cl)c1nc(Br)nn1c2=O. The fourth-order valence-corrected chi connectivity index (χ4v) is 5.37. The highest BCUT2D eigenvalue weighted by Crippen LogP contribution is 2.48. The van der Waals surface area contributed by atoms with Crippen LogP contribution in [0.3, 0.4) is 0 Å². The van der Waals surface area contributed by atoms with E-state index in [2.05, 4.69) is 36.6 Å². The number of fused-ring (bicyclic) bond motifs is 3. The lowest BCUT2D eigenvalue weighted by Crippen LogP contribution is -2.52. The first-order valence-electron chi connectivity index (χ1n) is 10.8. The fraction of sp³-hybridized carbons (Fsp3) is 0.429. The zero-order chi connectivity index (χ0) is 26.0. The Balaban J connectivity index is 1.57. The number of carbonyl (C=O) groups excluding carboxylic acids is 1. The van der Waals surface area contributed by atoms with E-state index in [9.17, 15) is 22.8 Å². The summed E-state index contributed by atoms with van der Waals surface area (Å²) in [6.45, 7) is 1.62. The van der Waals surface area contributed by atoms with E-state index >= 15 is 4.39 Å². The van der Waals surface area contributed by atoms with Gasteiger partial charge in [-0.05, 0) is 54.0 Å². The number of hydrogen-bond acceptors (Lipinski definition) is 6. The first kappa shape index (κ1) is 25.1. The van der Waals surface area contributed by atoms with E-state index in [1.165, 1.54) is 4.57 Å². The van der Waals surface area contributed by atoms with Crippen LogP contribution in [0.15, 0.2) is 27.7 Å². The van der Waals surface area contributed by atoms with Gasteiger partial charge >= 0.3 is 6.18 Å². The average molecular weight is 594 g/mol. The van der Waals surface area contributed by atoms with Gasteiger partial charge in [0.15, 0.2) is 0 Å². The minimum Gasteiger partial charge on any atom is -0.358 e. The number of hydrogen-bond donors (Lipinski definition) is 2. The molecule has 1 aromatic carbocycles. The average Bonchev–Trinajstić information content (AvgIpc) is 3.32. The second-order valence-corrected chi connectivity index (χ2v) is 9.67. The Morgan fingerprint density at radius 3 is 2.83 bits per heavy atom. The largest absolute Gasteiger partial charge is 0.416 e. The predicted molar refractivity (Wildman–Crippen MR) is 124 cm³/mol. The molecule has 3 aromatic rings. The third-order valence-corrected chi connectivity index (χ3v) is 6.98. The maximum Gasteiger partial charge on any atom is 0.416 e. The second kappa shape index (κ2) is 8.78. The Bertz CT molecular complexity index is 1440. The number of benzene rings is 1. The maximum absolute atomic E-state index is 15.3. The van der Waals surface area contributed by atoms with Gasteiger partial charge in [-0.2, -0.15) is 22.7 Å². The monoisotopic (exact) mass is 592 g/mol. The summed E-state index contributed by atoms with van der Waals surface area (Å²) in [4.78, 5) is 30.6. The molecule has 0 saturated carbocycles. The Morgan fingerprint density at radius 1 is 1.42 bits per heavy atom. The minimum absolute atomic E-state index is 0.0103. The molecule has 1 saturated heterocycles. The van der Waals surface area contributed by atoms with Gasteiger partial charge in [0.05, 0.1) is 33.6 Å². The van der Waals surface area contributed by atoms with Crippen molar-refractivity contribution in [2.75, 3.05) is 18.4 Å². The summed E-state index contributed by atoms with van der Waals surface area (Å²) in [6.07, 6.45) is -6.69. The molecule has 1 spiro atoms. The molecule has 2 aromatic heterocycles. The van der Waals surface area contributed by atoms with Crippen LogP contribution in [0, 0.1) is 0 Å². The zero-order valence-electron chi connectivity index (χ0n) is 18.5. The Kier molecular flexibility index (Phi) is 6.13. The number of halogens is 6. The lowest BCUT2D eigenvalue weighted by Gasteiger charge is -2.36. The van der Waals surface area contributed by atoms with E-state index < -0.39 is 47.6 Å². The molecule has 1 fully saturated rings. The van der Waals surface area contributed by atoms with Crippen LogP contribution in [-0.4, -0.2) is 44.3 Å². The molecule has 0 radical (unpaired) electrons. The molecule has 36 heavy (non-hydrogen) atoms. The van der Waals surface area contributed by atoms with Crippen LogP contribution in [0.4, 0.5) is 23.2 Å². The third-order valence-electron chi connectivity index (χ3n) is 6.33. The van der Waals surface area contributed by atoms with E-state index in [-0.39, 0.29) is 45.4 Å². The van der Waals surface area contributed by atoms with Gasteiger partial charge in [0.25, 0.3) is 5.56 Å². The molecule has 4 heterocycles. The Hall–Kier alpha value is -2.55. The van der Waals surface area contributed by atoms with Gasteiger partial charge in [-0.1, -0.05) is 11.6 Å². The summed E-state index contributed by atoms with van der Waals surface area (Å²) in [6, 6.07) is 2.55. The van der Waals surface area contributed by atoms with Crippen molar-refractivity contribution in [3.8, 4) is 0 Å². The zero-order valence-corrected chi connectivity index (χ0v) is 20.8. The van der Waals surface area contributed by atoms with Gasteiger partial charge in [0, 0.05) is 6.54 Å². The van der Waals surface area contributed by atoms with Crippen LogP contribution in [0.5, 0.6) is 0 Å². The van der Waals surface area contributed by atoms with Crippen molar-refractivity contribution in [1.82, 2.24) is 24.5 Å². The molecule has 2 aliphatic rings. The molecule has 15 heteroatoms. The molecule has 0 aliphatic carbocycles. The third kappa shape index (κ3) is 3.99. The summed E-state index contributed by atoms with van der Waals surface area (Å²) in [5, 5.41) is 9.16. The summed E-state index contributed by atoms with van der Waals surface area (Å²) in [5.41, 5.74) is -2.76. The number of nitrogens with zero attached hydrogens (tertiary/aromatic N) is 4. The number of ether oxygens (including phenoxy) is 1. The number of aromatic nitrogens is 4. The van der Waals surface area contributed by atoms with Gasteiger partial charge in [-0.25, -0.2) is 4.39 Å². The second-order valence-electron chi connectivity index (χ2n) is 8.56. The number of anilines is 1. The maximum atomic E-state index is 15.3. The Morgan fingerprint density at radius 2 is 2.17 bits per heavy atom. The van der Waals surface area contributed by atoms with Crippen molar-refractivity contribution in [2.45, 2.75) is 43.9 Å². The van der Waals surface area contributed by atoms with Gasteiger partial charge < -0.3 is 19.9 Å². The van der Waals surface area contributed by atoms with Crippen molar-refractivity contribution in [1.29, 1.82) is 0 Å². The summed E-state index contributed by atoms with van der Waals surface area (Å²) in [7, 11) is 0. The number of rotatable bonds is 3. The van der Waals surface area contributed by atoms with Crippen molar-refractivity contribution in [3.05, 3.63) is 55.1 Å². The van der Waals surface area contributed by atoms with Crippen LogP contribution in [-0.2, 0) is 27.9 Å². The van der Waals surface area contributed by atoms with Crippen molar-refractivity contribution in [3.63, 3.8) is 0 Å². The van der Waals surface area contributed by atoms with Gasteiger partial charge in [0.2, 0.25) is 16.4 Å². The van der Waals surface area contributed by atoms with Crippen LogP contribution >= 0.6 is 27.5 Å². The van der Waals surface area contributed by atoms with Crippen molar-refractivity contribution in [2.24, 2.45) is 0 Å². The van der Waals surface area contributed by atoms with Crippen LogP contribution in [0.1, 0.15) is 36.3 Å². The molecule has 192 valence electrons. The lowest BCUT2D eigenvalue weighted by atomic mass is 9.84. The summed E-state index contributed by atoms with van der Waals surface area (Å²) in [5.74, 6) is -0.657. The molecule has 2 aliphatic heterocycles. The van der Waals surface area contributed by atoms with Crippen LogP contribution in [0.25, 0.3) is 5.78 Å². The topological polar surface area (TPSA) is 103 Å². The predicted octanol–water partition coefficient (Wildman–Crippen LogP) is 3.58. The quantitative estimate of drug-likeness (QED) is 0.450. The first-order chi connectivity index (χ1) is 16.9. The molecule has 9 nitrogen and oxygen atoms in total. The summed E-state index contributed by atoms with van der Waals surface area (Å²) < 4.78 is 62.6. The minimum atomic E-state index is -4.59. The highest BCUT2D eigenvalue weighted by atomic mass is 79.9. The smallest absolute Gasteiger partial charge is 0.358 e. The normalized spacial score (nSPS) is 23.9. The van der Waals surface area contributed by atoms with Crippen molar-refractivity contribution < 1.29 is 27.1 Å². The molecule has 0 unspecified atom stereocenters. The highest BCUT2D eigenvalue weighted by Gasteiger charge is 2.54. The fourth-order valence-electron chi connectivity index (χ4n) is 4.82. The number of amides is 1. The first-order valence-corrected chi connectivity index (χ1v) is 12.0. The molecule has 1 amide bonds. The number of alkyl halides is 4. The standard InChI is InChI=1S/C21H18BrClF4N6O3/c1-9-16-15(20(36-9)4-5-28-7-13(20)24)17(35)33-19(30-18(22)31-33)32(16)8-14(34)29-12-3-2-10(6-11(12)23)21(25,26)27/h2-3,6,9,13,28H,4-5,7-8H2,1H3,(H,29,34)/t9-,13+,20+/m1/s1. The molecule has 0 bridgehead atoms. The van der Waals surface area contributed by atoms with E-state index in [4.69, 9.17) is 16.3 Å². The molecule has 5 rings (SSSR count). The number of piperidine rings is 1. The highest BCUT2D eigenvalue weighted by molar-refractivity contribution is 9.10. The number of nitrogens with one attached hydrogen (secondary N) is 2. The van der Waals surface area contributed by atoms with Crippen LogP contribution in [0.2, 0.25) is 5.02 Å². The van der Waals surface area contributed by atoms with Crippen molar-refractivity contribution >= 4 is 44.9 Å². The molecule has 2 N–H and O–H groups in total. The van der Waals surface area contributed by atoms with E-state index in [0.29, 0.717) is 12.6 Å². The van der Waals surface area contributed by atoms with E-state index in [0.717, 1.165) is 16.6 Å². The Labute approximate surface area is 213 Å². The molecule has 3 atom stereocenters. The number of carbonyl (C=O) groups is 1. The van der Waals surface area contributed by atoms with E-state index in [1.807, 2.05) is 0 Å². The lowest BCUT2D eigenvalue weighted by molar-refractivity contribution is -0.137. The van der Waals surface area contributed by atoms with Crippen LogP contribution < -0.4 is 16.2 Å². The molecular weight excluding hydrogens is 576 g/mol. The summed E-state index contributed by atoms with van der Waals surface area (Å²) >= 11 is 9.10. The van der Waals surface area contributed by atoms with Gasteiger partial charge in [-0.3, -0.25) is 9.59 Å². The van der Waals surface area contributed by atoms with E-state index in [1.54, 1.807) is 6.92 Å². The molecular formula is C21H18BrClF4N6O3. The van der Waals surface area contributed by atoms with Gasteiger partial charge in [0.1, 0.15) is 18.3 Å². The van der Waals surface area contributed by atoms with Gasteiger partial charge in [-0.15, -0.1) is 5.10 Å².